The van der Waals surface area contributed by atoms with Crippen LogP contribution in [-0.2, 0) is 4.79 Å². The van der Waals surface area contributed by atoms with Crippen molar-refractivity contribution < 1.29 is 14.8 Å². The smallest absolute Gasteiger partial charge is 0.303 e. The normalized spacial score (nSPS) is 11.7. The van der Waals surface area contributed by atoms with Crippen LogP contribution in [0.1, 0.15) is 24.8 Å². The molecule has 0 bridgehead atoms. The van der Waals surface area contributed by atoms with Gasteiger partial charge >= 0.3 is 5.97 Å². The molecule has 1 atom stereocenters. The van der Waals surface area contributed by atoms with Gasteiger partial charge in [0.1, 0.15) is 5.69 Å². The minimum absolute atomic E-state index is 0.0222. The van der Waals surface area contributed by atoms with Crippen LogP contribution in [-0.4, -0.2) is 22.2 Å². The second kappa shape index (κ2) is 7.39. The molecular formula is C16H16N4O4. The Labute approximate surface area is 137 Å². The Morgan fingerprint density at radius 2 is 2.12 bits per heavy atom. The van der Waals surface area contributed by atoms with Gasteiger partial charge in [-0.3, -0.25) is 14.9 Å². The fraction of sp³-hybridized carbons (Fsp3) is 0.250. The van der Waals surface area contributed by atoms with Gasteiger partial charge in [0, 0.05) is 23.3 Å². The molecule has 4 N–H and O–H groups in total. The Balaban J connectivity index is 2.39. The number of fused-ring (bicyclic) bond motifs is 1. The molecule has 0 fully saturated rings. The maximum Gasteiger partial charge on any atom is 0.303 e. The van der Waals surface area contributed by atoms with Gasteiger partial charge in [-0.25, -0.2) is 0 Å². The van der Waals surface area contributed by atoms with Crippen LogP contribution in [0.25, 0.3) is 10.8 Å². The van der Waals surface area contributed by atoms with E-state index in [-0.39, 0.29) is 17.8 Å². The summed E-state index contributed by atoms with van der Waals surface area (Å²) >= 11 is 0. The lowest BCUT2D eigenvalue weighted by Gasteiger charge is -2.17. The molecule has 0 aromatic heterocycles. The summed E-state index contributed by atoms with van der Waals surface area (Å²) in [5.74, 6) is -0.919. The van der Waals surface area contributed by atoms with Crippen molar-refractivity contribution >= 4 is 28.1 Å². The van der Waals surface area contributed by atoms with Gasteiger partial charge in [-0.1, -0.05) is 12.1 Å². The van der Waals surface area contributed by atoms with E-state index in [9.17, 15) is 20.2 Å². The number of carboxylic acids is 1. The molecule has 124 valence electrons. The van der Waals surface area contributed by atoms with E-state index in [0.29, 0.717) is 29.2 Å². The van der Waals surface area contributed by atoms with E-state index in [1.54, 1.807) is 18.2 Å². The van der Waals surface area contributed by atoms with E-state index < -0.39 is 17.1 Å². The van der Waals surface area contributed by atoms with Gasteiger partial charge < -0.3 is 16.2 Å². The summed E-state index contributed by atoms with van der Waals surface area (Å²) in [6, 6.07) is 9.87. The van der Waals surface area contributed by atoms with Crippen LogP contribution in [0.4, 0.5) is 11.4 Å². The summed E-state index contributed by atoms with van der Waals surface area (Å²) < 4.78 is 0. The number of aliphatic carboxylic acids is 1. The molecule has 2 aromatic carbocycles. The van der Waals surface area contributed by atoms with Crippen molar-refractivity contribution in [2.75, 3.05) is 5.32 Å². The number of carboxylic acid groups (broad SMARTS) is 1. The molecule has 0 aliphatic carbocycles. The van der Waals surface area contributed by atoms with Crippen molar-refractivity contribution in [2.24, 2.45) is 5.73 Å². The standard InChI is InChI=1S/C16H16N4O4/c17-9-10-3-1-4-12-11(10)7-8-13(20(23)24)16(12)19-14(18)5-2-6-15(21)22/h1,3-4,7-8,14,19H,2,5-6,18H2,(H,21,22). The van der Waals surface area contributed by atoms with Crippen molar-refractivity contribution in [1.82, 2.24) is 0 Å². The van der Waals surface area contributed by atoms with Crippen LogP contribution in [0, 0.1) is 21.4 Å². The van der Waals surface area contributed by atoms with E-state index >= 15 is 0 Å². The highest BCUT2D eigenvalue weighted by Gasteiger charge is 2.19. The Bertz CT molecular complexity index is 829. The summed E-state index contributed by atoms with van der Waals surface area (Å²) in [7, 11) is 0. The monoisotopic (exact) mass is 328 g/mol. The van der Waals surface area contributed by atoms with Crippen LogP contribution in [0.5, 0.6) is 0 Å². The number of nitriles is 1. The first-order chi connectivity index (χ1) is 11.4. The molecule has 1 unspecified atom stereocenters. The van der Waals surface area contributed by atoms with Crippen molar-refractivity contribution in [1.29, 1.82) is 5.26 Å². The lowest BCUT2D eigenvalue weighted by Crippen LogP contribution is -2.30. The fourth-order valence-electron chi connectivity index (χ4n) is 2.48. The van der Waals surface area contributed by atoms with Gasteiger partial charge in [-0.2, -0.15) is 5.26 Å². The lowest BCUT2D eigenvalue weighted by molar-refractivity contribution is -0.383. The maximum absolute atomic E-state index is 11.3. The Kier molecular flexibility index (Phi) is 5.29. The van der Waals surface area contributed by atoms with E-state index in [4.69, 9.17) is 10.8 Å². The van der Waals surface area contributed by atoms with Crippen LogP contribution in [0.15, 0.2) is 30.3 Å². The topological polar surface area (TPSA) is 142 Å². The quantitative estimate of drug-likeness (QED) is 0.402. The van der Waals surface area contributed by atoms with Gasteiger partial charge in [-0.05, 0) is 25.0 Å². The van der Waals surface area contributed by atoms with Crippen molar-refractivity contribution in [3.63, 3.8) is 0 Å². The zero-order valence-corrected chi connectivity index (χ0v) is 12.7. The number of nitrogens with zero attached hydrogens (tertiary/aromatic N) is 2. The predicted molar refractivity (Wildman–Crippen MR) is 88.4 cm³/mol. The largest absolute Gasteiger partial charge is 0.481 e. The third-order valence-corrected chi connectivity index (χ3v) is 3.59. The van der Waals surface area contributed by atoms with Gasteiger partial charge in [0.2, 0.25) is 0 Å². The van der Waals surface area contributed by atoms with Crippen LogP contribution in [0.2, 0.25) is 0 Å². The number of anilines is 1. The number of nitrogens with two attached hydrogens (primary N) is 1. The summed E-state index contributed by atoms with van der Waals surface area (Å²) in [6.07, 6.45) is 0.0360. The SMILES string of the molecule is N#Cc1cccc2c(NC(N)CCCC(=O)O)c([N+](=O)[O-])ccc12. The molecule has 0 spiro atoms. The zero-order chi connectivity index (χ0) is 17.7. The molecular weight excluding hydrogens is 312 g/mol. The van der Waals surface area contributed by atoms with E-state index in [1.807, 2.05) is 0 Å². The number of nitrogens with one attached hydrogen (secondary N) is 1. The minimum Gasteiger partial charge on any atom is -0.481 e. The molecule has 0 heterocycles. The molecule has 24 heavy (non-hydrogen) atoms. The average molecular weight is 328 g/mol. The first kappa shape index (κ1) is 17.2. The number of rotatable bonds is 7. The zero-order valence-electron chi connectivity index (χ0n) is 12.7. The first-order valence-electron chi connectivity index (χ1n) is 7.28. The van der Waals surface area contributed by atoms with Crippen LogP contribution in [0.3, 0.4) is 0 Å². The van der Waals surface area contributed by atoms with Crippen molar-refractivity contribution in [3.8, 4) is 6.07 Å². The molecule has 8 nitrogen and oxygen atoms in total. The average Bonchev–Trinajstić information content (AvgIpc) is 2.53. The molecule has 0 saturated carbocycles. The van der Waals surface area contributed by atoms with Gasteiger partial charge in [0.05, 0.1) is 22.7 Å². The molecule has 8 heteroatoms. The maximum atomic E-state index is 11.3. The van der Waals surface area contributed by atoms with Crippen LogP contribution >= 0.6 is 0 Å². The predicted octanol–water partition coefficient (Wildman–Crippen LogP) is 2.57. The highest BCUT2D eigenvalue weighted by atomic mass is 16.6. The van der Waals surface area contributed by atoms with Crippen LogP contribution < -0.4 is 11.1 Å². The molecule has 2 aromatic rings. The summed E-state index contributed by atoms with van der Waals surface area (Å²) in [5, 5.41) is 33.1. The number of hydrogen-bond donors (Lipinski definition) is 3. The Morgan fingerprint density at radius 1 is 1.38 bits per heavy atom. The van der Waals surface area contributed by atoms with Crippen molar-refractivity contribution in [3.05, 3.63) is 46.0 Å². The summed E-state index contributed by atoms with van der Waals surface area (Å²) in [4.78, 5) is 21.3. The third-order valence-electron chi connectivity index (χ3n) is 3.59. The number of nitro groups is 1. The third kappa shape index (κ3) is 3.77. The lowest BCUT2D eigenvalue weighted by atomic mass is 10.0. The van der Waals surface area contributed by atoms with Gasteiger partial charge in [-0.15, -0.1) is 0 Å². The highest BCUT2D eigenvalue weighted by Crippen LogP contribution is 2.34. The highest BCUT2D eigenvalue weighted by molar-refractivity contribution is 6.01. The number of benzene rings is 2. The Morgan fingerprint density at radius 3 is 2.75 bits per heavy atom. The second-order valence-electron chi connectivity index (χ2n) is 5.27. The van der Waals surface area contributed by atoms with E-state index in [2.05, 4.69) is 11.4 Å². The molecule has 0 aliphatic rings. The Hall–Kier alpha value is -3.18. The molecule has 0 amide bonds. The van der Waals surface area contributed by atoms with Gasteiger partial charge in [0.15, 0.2) is 0 Å². The summed E-state index contributed by atoms with van der Waals surface area (Å²) in [6.45, 7) is 0. The fourth-order valence-corrected chi connectivity index (χ4v) is 2.48. The molecule has 2 rings (SSSR count). The number of nitro benzene ring substituents is 1. The van der Waals surface area contributed by atoms with Gasteiger partial charge in [0.25, 0.3) is 5.69 Å². The number of carbonyl (C=O) groups is 1. The molecule has 0 saturated heterocycles. The van der Waals surface area contributed by atoms with E-state index in [0.717, 1.165) is 0 Å². The molecule has 0 aliphatic heterocycles. The van der Waals surface area contributed by atoms with E-state index in [1.165, 1.54) is 12.1 Å². The van der Waals surface area contributed by atoms with Crippen molar-refractivity contribution in [2.45, 2.75) is 25.4 Å². The number of hydrogen-bond acceptors (Lipinski definition) is 6. The second-order valence-corrected chi connectivity index (χ2v) is 5.27. The molecule has 0 radical (unpaired) electrons. The minimum atomic E-state index is -0.919. The first-order valence-corrected chi connectivity index (χ1v) is 7.28. The summed E-state index contributed by atoms with van der Waals surface area (Å²) in [5.41, 5.74) is 6.42.